The molecular formula is C15H20N4O2S. The van der Waals surface area contributed by atoms with Crippen LogP contribution in [0.25, 0.3) is 10.2 Å². The van der Waals surface area contributed by atoms with Crippen LogP contribution < -0.4 is 5.32 Å². The Morgan fingerprint density at radius 2 is 2.18 bits per heavy atom. The maximum Gasteiger partial charge on any atom is 0.224 e. The van der Waals surface area contributed by atoms with Crippen LogP contribution in [0.15, 0.2) is 17.8 Å². The van der Waals surface area contributed by atoms with Crippen molar-refractivity contribution >= 4 is 33.3 Å². The summed E-state index contributed by atoms with van der Waals surface area (Å²) in [6.07, 6.45) is 2.21. The minimum absolute atomic E-state index is 0.105. The number of nitrogens with one attached hydrogen (secondary N) is 1. The van der Waals surface area contributed by atoms with Crippen LogP contribution in [0.3, 0.4) is 0 Å². The molecule has 0 aromatic carbocycles. The Morgan fingerprint density at radius 1 is 1.41 bits per heavy atom. The molecule has 0 aliphatic carbocycles. The summed E-state index contributed by atoms with van der Waals surface area (Å²) in [5.74, 6) is 0.952. The molecule has 1 N–H and O–H groups in total. The van der Waals surface area contributed by atoms with Gasteiger partial charge in [0.15, 0.2) is 0 Å². The molecule has 2 aromatic rings. The zero-order chi connectivity index (χ0) is 15.5. The van der Waals surface area contributed by atoms with Crippen molar-refractivity contribution in [3.63, 3.8) is 0 Å². The van der Waals surface area contributed by atoms with E-state index in [1.165, 1.54) is 0 Å². The summed E-state index contributed by atoms with van der Waals surface area (Å²) in [6, 6.07) is 2.00. The minimum Gasteiger partial charge on any atom is -0.372 e. The molecule has 3 heterocycles. The summed E-state index contributed by atoms with van der Waals surface area (Å²) in [4.78, 5) is 23.6. The lowest BCUT2D eigenvalue weighted by Crippen LogP contribution is -2.48. The minimum atomic E-state index is 0.105. The van der Waals surface area contributed by atoms with E-state index < -0.39 is 0 Å². The lowest BCUT2D eigenvalue weighted by molar-refractivity contribution is -0.142. The number of carbonyl (C=O) groups is 1. The van der Waals surface area contributed by atoms with Crippen molar-refractivity contribution in [2.24, 2.45) is 0 Å². The number of aromatic nitrogens is 2. The van der Waals surface area contributed by atoms with E-state index in [-0.39, 0.29) is 18.1 Å². The molecule has 1 amide bonds. The van der Waals surface area contributed by atoms with Crippen molar-refractivity contribution in [2.45, 2.75) is 32.5 Å². The molecule has 6 nitrogen and oxygen atoms in total. The predicted octanol–water partition coefficient (Wildman–Crippen LogP) is 2.13. The van der Waals surface area contributed by atoms with Crippen molar-refractivity contribution < 1.29 is 9.53 Å². The maximum atomic E-state index is 12.3. The van der Waals surface area contributed by atoms with Crippen molar-refractivity contribution in [3.8, 4) is 0 Å². The Kier molecular flexibility index (Phi) is 4.54. The second-order valence-electron chi connectivity index (χ2n) is 5.59. The van der Waals surface area contributed by atoms with Gasteiger partial charge in [-0.3, -0.25) is 4.79 Å². The van der Waals surface area contributed by atoms with Gasteiger partial charge in [-0.15, -0.1) is 11.3 Å². The van der Waals surface area contributed by atoms with Crippen molar-refractivity contribution in [1.29, 1.82) is 0 Å². The van der Waals surface area contributed by atoms with E-state index >= 15 is 0 Å². The van der Waals surface area contributed by atoms with Crippen LogP contribution in [-0.4, -0.2) is 52.6 Å². The molecule has 1 aliphatic rings. The van der Waals surface area contributed by atoms with E-state index in [1.54, 1.807) is 17.7 Å². The lowest BCUT2D eigenvalue weighted by Gasteiger charge is -2.35. The first-order chi connectivity index (χ1) is 10.6. The van der Waals surface area contributed by atoms with Gasteiger partial charge in [-0.25, -0.2) is 9.97 Å². The number of fused-ring (bicyclic) bond motifs is 1. The molecule has 3 rings (SSSR count). The van der Waals surface area contributed by atoms with Crippen LogP contribution in [0.1, 0.15) is 20.3 Å². The Hall–Kier alpha value is -1.73. The van der Waals surface area contributed by atoms with Crippen molar-refractivity contribution in [3.05, 3.63) is 17.8 Å². The third-order valence-corrected chi connectivity index (χ3v) is 4.49. The maximum absolute atomic E-state index is 12.3. The average molecular weight is 320 g/mol. The lowest BCUT2D eigenvalue weighted by atomic mass is 10.2. The molecular weight excluding hydrogens is 300 g/mol. The first-order valence-corrected chi connectivity index (χ1v) is 8.36. The molecule has 2 atom stereocenters. The van der Waals surface area contributed by atoms with Crippen LogP contribution in [0.2, 0.25) is 0 Å². The van der Waals surface area contributed by atoms with Gasteiger partial charge in [0.05, 0.1) is 17.6 Å². The quantitative estimate of drug-likeness (QED) is 0.935. The van der Waals surface area contributed by atoms with Crippen LogP contribution in [0, 0.1) is 0 Å². The Bertz CT molecular complexity index is 650. The summed E-state index contributed by atoms with van der Waals surface area (Å²) < 4.78 is 5.65. The molecule has 7 heteroatoms. The summed E-state index contributed by atoms with van der Waals surface area (Å²) >= 11 is 1.58. The number of nitrogens with zero attached hydrogens (tertiary/aromatic N) is 3. The number of amides is 1. The standard InChI is InChI=1S/C15H20N4O2S/c1-10-7-19(8-11(2)21-10)13(20)3-5-16-14-12-4-6-22-15(12)18-9-17-14/h4,6,9-11H,3,5,7-8H2,1-2H3,(H,16,17,18)/t10-,11-/m1/s1. The smallest absolute Gasteiger partial charge is 0.224 e. The third kappa shape index (κ3) is 3.36. The highest BCUT2D eigenvalue weighted by molar-refractivity contribution is 7.16. The van der Waals surface area contributed by atoms with Gasteiger partial charge < -0.3 is 15.0 Å². The fraction of sp³-hybridized carbons (Fsp3) is 0.533. The molecule has 22 heavy (non-hydrogen) atoms. The van der Waals surface area contributed by atoms with Crippen molar-refractivity contribution in [1.82, 2.24) is 14.9 Å². The summed E-state index contributed by atoms with van der Waals surface area (Å²) in [6.45, 7) is 5.92. The molecule has 0 saturated carbocycles. The number of anilines is 1. The first-order valence-electron chi connectivity index (χ1n) is 7.49. The average Bonchev–Trinajstić information content (AvgIpc) is 2.95. The molecule has 118 valence electrons. The van der Waals surface area contributed by atoms with Crippen LogP contribution in [0.5, 0.6) is 0 Å². The summed E-state index contributed by atoms with van der Waals surface area (Å²) in [7, 11) is 0. The van der Waals surface area contributed by atoms with E-state index in [1.807, 2.05) is 30.2 Å². The van der Waals surface area contributed by atoms with Gasteiger partial charge in [0, 0.05) is 26.1 Å². The number of thiophene rings is 1. The largest absolute Gasteiger partial charge is 0.372 e. The number of morpholine rings is 1. The number of carbonyl (C=O) groups excluding carboxylic acids is 1. The Labute approximate surface area is 133 Å². The fourth-order valence-electron chi connectivity index (χ4n) is 2.76. The third-order valence-electron chi connectivity index (χ3n) is 3.67. The van der Waals surface area contributed by atoms with E-state index in [9.17, 15) is 4.79 Å². The topological polar surface area (TPSA) is 67.4 Å². The highest BCUT2D eigenvalue weighted by atomic mass is 32.1. The fourth-order valence-corrected chi connectivity index (χ4v) is 3.49. The van der Waals surface area contributed by atoms with Gasteiger partial charge in [-0.2, -0.15) is 0 Å². The molecule has 0 unspecified atom stereocenters. The van der Waals surface area contributed by atoms with E-state index in [4.69, 9.17) is 4.74 Å². The van der Waals surface area contributed by atoms with Gasteiger partial charge in [-0.05, 0) is 25.3 Å². The monoisotopic (exact) mass is 320 g/mol. The second-order valence-corrected chi connectivity index (χ2v) is 6.49. The highest BCUT2D eigenvalue weighted by Crippen LogP contribution is 2.23. The predicted molar refractivity (Wildman–Crippen MR) is 87.1 cm³/mol. The normalized spacial score (nSPS) is 22.0. The zero-order valence-corrected chi connectivity index (χ0v) is 13.6. The summed E-state index contributed by atoms with van der Waals surface area (Å²) in [5.41, 5.74) is 0. The second kappa shape index (κ2) is 6.58. The molecule has 0 spiro atoms. The van der Waals surface area contributed by atoms with Gasteiger partial charge in [0.2, 0.25) is 5.91 Å². The van der Waals surface area contributed by atoms with E-state index in [0.29, 0.717) is 26.1 Å². The van der Waals surface area contributed by atoms with Crippen LogP contribution in [0.4, 0.5) is 5.82 Å². The number of hydrogen-bond acceptors (Lipinski definition) is 6. The molecule has 1 fully saturated rings. The SMILES string of the molecule is C[C@@H]1CN(C(=O)CCNc2ncnc3sccc23)C[C@@H](C)O1. The van der Waals surface area contributed by atoms with Crippen LogP contribution >= 0.6 is 11.3 Å². The number of hydrogen-bond donors (Lipinski definition) is 1. The summed E-state index contributed by atoms with van der Waals surface area (Å²) in [5, 5.41) is 6.24. The molecule has 1 aliphatic heterocycles. The van der Waals surface area contributed by atoms with Crippen LogP contribution in [-0.2, 0) is 9.53 Å². The molecule has 0 radical (unpaired) electrons. The van der Waals surface area contributed by atoms with E-state index in [2.05, 4.69) is 15.3 Å². The van der Waals surface area contributed by atoms with Gasteiger partial charge in [-0.1, -0.05) is 0 Å². The molecule has 2 aromatic heterocycles. The molecule has 0 bridgehead atoms. The zero-order valence-electron chi connectivity index (χ0n) is 12.8. The van der Waals surface area contributed by atoms with Gasteiger partial charge >= 0.3 is 0 Å². The number of ether oxygens (including phenoxy) is 1. The first kappa shape index (κ1) is 15.2. The van der Waals surface area contributed by atoms with E-state index in [0.717, 1.165) is 16.0 Å². The van der Waals surface area contributed by atoms with Gasteiger partial charge in [0.1, 0.15) is 17.0 Å². The van der Waals surface area contributed by atoms with Crippen molar-refractivity contribution in [2.75, 3.05) is 25.0 Å². The highest BCUT2D eigenvalue weighted by Gasteiger charge is 2.25. The Balaban J connectivity index is 1.54. The molecule has 1 saturated heterocycles. The Morgan fingerprint density at radius 3 is 2.95 bits per heavy atom. The van der Waals surface area contributed by atoms with Gasteiger partial charge in [0.25, 0.3) is 0 Å². The number of rotatable bonds is 4.